The van der Waals surface area contributed by atoms with Crippen LogP contribution in [0.4, 0.5) is 0 Å². The van der Waals surface area contributed by atoms with Gasteiger partial charge in [-0.25, -0.2) is 9.13 Å². The first kappa shape index (κ1) is 101. The number of unbranched alkanes of at least 4 members (excludes halogenated alkanes) is 54. The molecule has 0 aliphatic heterocycles. The van der Waals surface area contributed by atoms with Crippen molar-refractivity contribution >= 4 is 39.5 Å². The highest BCUT2D eigenvalue weighted by Crippen LogP contribution is 2.45. The molecule has 0 aliphatic rings. The Hall–Kier alpha value is -2.46. The minimum absolute atomic E-state index is 0.0861. The number of esters is 4. The maximum atomic E-state index is 13.1. The Kier molecular flexibility index (Phi) is 75.8. The van der Waals surface area contributed by atoms with E-state index in [9.17, 15) is 43.2 Å². The monoisotopic (exact) mass is 1500 g/mol. The van der Waals surface area contributed by atoms with Crippen molar-refractivity contribution in [3.05, 3.63) is 24.3 Å². The Morgan fingerprint density at radius 3 is 0.709 bits per heavy atom. The molecular weight excluding hydrogens is 1340 g/mol. The summed E-state index contributed by atoms with van der Waals surface area (Å²) >= 11 is 0. The highest BCUT2D eigenvalue weighted by atomic mass is 31.2. The first-order valence-electron chi connectivity index (χ1n) is 43.1. The molecule has 103 heavy (non-hydrogen) atoms. The highest BCUT2D eigenvalue weighted by molar-refractivity contribution is 7.47. The van der Waals surface area contributed by atoms with Gasteiger partial charge in [0.2, 0.25) is 0 Å². The molecule has 17 nitrogen and oxygen atoms in total. The van der Waals surface area contributed by atoms with Crippen LogP contribution in [0.1, 0.15) is 432 Å². The smallest absolute Gasteiger partial charge is 0.462 e. The minimum Gasteiger partial charge on any atom is -0.462 e. The molecule has 0 rings (SSSR count). The van der Waals surface area contributed by atoms with Gasteiger partial charge < -0.3 is 33.8 Å². The third kappa shape index (κ3) is 77.5. The predicted octanol–water partition coefficient (Wildman–Crippen LogP) is 25.3. The first-order chi connectivity index (χ1) is 50.2. The van der Waals surface area contributed by atoms with E-state index in [1.54, 1.807) is 0 Å². The van der Waals surface area contributed by atoms with E-state index in [-0.39, 0.29) is 25.7 Å². The van der Waals surface area contributed by atoms with E-state index in [0.29, 0.717) is 25.7 Å². The number of phosphoric acid groups is 2. The van der Waals surface area contributed by atoms with E-state index in [0.717, 1.165) is 103 Å². The summed E-state index contributed by atoms with van der Waals surface area (Å²) < 4.78 is 68.8. The zero-order valence-corrected chi connectivity index (χ0v) is 68.6. The number of hydrogen-bond acceptors (Lipinski definition) is 15. The van der Waals surface area contributed by atoms with Gasteiger partial charge in [-0.2, -0.15) is 0 Å². The van der Waals surface area contributed by atoms with Gasteiger partial charge in [0.1, 0.15) is 19.3 Å². The Labute approximate surface area is 631 Å². The van der Waals surface area contributed by atoms with E-state index < -0.39 is 97.5 Å². The van der Waals surface area contributed by atoms with Crippen LogP contribution in [0.3, 0.4) is 0 Å². The van der Waals surface area contributed by atoms with Gasteiger partial charge in [-0.3, -0.25) is 37.3 Å². The molecule has 0 aromatic rings. The first-order valence-corrected chi connectivity index (χ1v) is 46.1. The zero-order valence-electron chi connectivity index (χ0n) is 66.8. The van der Waals surface area contributed by atoms with E-state index in [1.165, 1.54) is 250 Å². The van der Waals surface area contributed by atoms with Crippen molar-refractivity contribution in [3.63, 3.8) is 0 Å². The molecule has 0 aromatic heterocycles. The lowest BCUT2D eigenvalue weighted by atomic mass is 10.0. The molecule has 19 heteroatoms. The van der Waals surface area contributed by atoms with Crippen molar-refractivity contribution in [2.75, 3.05) is 39.6 Å². The predicted molar refractivity (Wildman–Crippen MR) is 423 cm³/mol. The molecular formula is C84H160O17P2. The quantitative estimate of drug-likeness (QED) is 0.0169. The number of ether oxygens (including phenoxy) is 4. The van der Waals surface area contributed by atoms with Crippen molar-refractivity contribution < 1.29 is 80.2 Å². The summed E-state index contributed by atoms with van der Waals surface area (Å²) in [7, 11) is -9.94. The molecule has 0 amide bonds. The summed E-state index contributed by atoms with van der Waals surface area (Å²) in [6, 6.07) is 0. The number of phosphoric ester groups is 2. The highest BCUT2D eigenvalue weighted by Gasteiger charge is 2.30. The Morgan fingerprint density at radius 2 is 0.466 bits per heavy atom. The fourth-order valence-corrected chi connectivity index (χ4v) is 14.2. The summed E-state index contributed by atoms with van der Waals surface area (Å²) in [6.45, 7) is 4.99. The maximum absolute atomic E-state index is 13.1. The number of aliphatic hydroxyl groups excluding tert-OH is 1. The van der Waals surface area contributed by atoms with E-state index in [1.807, 2.05) is 0 Å². The maximum Gasteiger partial charge on any atom is 0.472 e. The van der Waals surface area contributed by atoms with Gasteiger partial charge in [0.05, 0.1) is 26.4 Å². The van der Waals surface area contributed by atoms with Crippen molar-refractivity contribution in [2.24, 2.45) is 0 Å². The lowest BCUT2D eigenvalue weighted by Crippen LogP contribution is -2.30. The van der Waals surface area contributed by atoms with Crippen LogP contribution in [0.15, 0.2) is 24.3 Å². The Morgan fingerprint density at radius 1 is 0.272 bits per heavy atom. The molecule has 2 unspecified atom stereocenters. The second-order valence-electron chi connectivity index (χ2n) is 29.5. The van der Waals surface area contributed by atoms with Gasteiger partial charge in [-0.1, -0.05) is 379 Å². The third-order valence-electron chi connectivity index (χ3n) is 19.2. The zero-order chi connectivity index (χ0) is 75.3. The standard InChI is InChI=1S/C84H160O17P2/c1-5-9-13-17-21-25-29-33-36-38-40-43-47-51-55-59-63-67-71-84(89)101-80(75-95-82(87)69-65-61-57-53-49-45-42-39-37-34-30-26-22-18-14-10-6-2)77-99-103(92,93)97-73-78(85)72-96-102(90,91)98-76-79(74-94-81(86)68-64-60-56-52-48-44-32-28-24-20-16-12-8-4)100-83(88)70-66-62-58-54-50-46-41-35-31-27-23-19-15-11-7-3/h27,31,35,41,78-80,85H,5-26,28-30,32-34,36-40,42-77H2,1-4H3,(H,90,91)(H,92,93)/b31-27-,41-35-/t78-,79+,80+/m0/s1. The molecule has 0 aromatic carbocycles. The van der Waals surface area contributed by atoms with Crippen LogP contribution >= 0.6 is 15.6 Å². The number of rotatable bonds is 83. The second kappa shape index (κ2) is 77.7. The van der Waals surface area contributed by atoms with Crippen molar-refractivity contribution in [1.29, 1.82) is 0 Å². The van der Waals surface area contributed by atoms with Gasteiger partial charge in [0, 0.05) is 25.7 Å². The van der Waals surface area contributed by atoms with Gasteiger partial charge >= 0.3 is 39.5 Å². The van der Waals surface area contributed by atoms with Gasteiger partial charge in [0.25, 0.3) is 0 Å². The Balaban J connectivity index is 5.29. The van der Waals surface area contributed by atoms with Crippen LogP contribution in [0.25, 0.3) is 0 Å². The van der Waals surface area contributed by atoms with E-state index in [2.05, 4.69) is 52.0 Å². The average Bonchev–Trinajstić information content (AvgIpc) is 0.932. The van der Waals surface area contributed by atoms with Gasteiger partial charge in [-0.05, 0) is 51.4 Å². The van der Waals surface area contributed by atoms with Crippen LogP contribution in [-0.2, 0) is 65.4 Å². The molecule has 0 aliphatic carbocycles. The van der Waals surface area contributed by atoms with E-state index >= 15 is 0 Å². The molecule has 3 N–H and O–H groups in total. The average molecular weight is 1500 g/mol. The third-order valence-corrected chi connectivity index (χ3v) is 21.1. The fourth-order valence-electron chi connectivity index (χ4n) is 12.6. The summed E-state index contributed by atoms with van der Waals surface area (Å²) in [5.74, 6) is -2.13. The fraction of sp³-hybridized carbons (Fsp3) is 0.905. The minimum atomic E-state index is -4.97. The molecule has 0 heterocycles. The largest absolute Gasteiger partial charge is 0.472 e. The number of aliphatic hydroxyl groups is 1. The number of carbonyl (C=O) groups is 4. The molecule has 608 valence electrons. The lowest BCUT2D eigenvalue weighted by molar-refractivity contribution is -0.161. The molecule has 5 atom stereocenters. The van der Waals surface area contributed by atoms with Crippen molar-refractivity contribution in [2.45, 2.75) is 451 Å². The second-order valence-corrected chi connectivity index (χ2v) is 32.4. The van der Waals surface area contributed by atoms with Crippen LogP contribution in [0, 0.1) is 0 Å². The molecule has 0 radical (unpaired) electrons. The van der Waals surface area contributed by atoms with Gasteiger partial charge in [-0.15, -0.1) is 0 Å². The summed E-state index contributed by atoms with van der Waals surface area (Å²) in [6.07, 6.45) is 74.2. The van der Waals surface area contributed by atoms with Crippen LogP contribution in [0.5, 0.6) is 0 Å². The number of allylic oxidation sites excluding steroid dienone is 4. The molecule has 0 spiro atoms. The molecule has 0 saturated heterocycles. The lowest BCUT2D eigenvalue weighted by Gasteiger charge is -2.21. The molecule has 0 fully saturated rings. The molecule has 0 bridgehead atoms. The molecule has 0 saturated carbocycles. The van der Waals surface area contributed by atoms with E-state index in [4.69, 9.17) is 37.0 Å². The number of carbonyl (C=O) groups excluding carboxylic acids is 4. The van der Waals surface area contributed by atoms with Crippen LogP contribution in [0.2, 0.25) is 0 Å². The summed E-state index contributed by atoms with van der Waals surface area (Å²) in [5, 5.41) is 10.7. The Bertz CT molecular complexity index is 2040. The van der Waals surface area contributed by atoms with Crippen molar-refractivity contribution in [1.82, 2.24) is 0 Å². The normalized spacial score (nSPS) is 13.9. The summed E-state index contributed by atoms with van der Waals surface area (Å²) in [5.41, 5.74) is 0. The van der Waals surface area contributed by atoms with Crippen LogP contribution in [-0.4, -0.2) is 96.7 Å². The summed E-state index contributed by atoms with van der Waals surface area (Å²) in [4.78, 5) is 73.2. The number of hydrogen-bond donors (Lipinski definition) is 3. The topological polar surface area (TPSA) is 237 Å². The SMILES string of the molecule is CCCCCC/C=C\C=C/CCCCCCCC(=O)O[C@H](COC(=O)CCCCCCCCCCCCCCC)COP(=O)(O)OC[C@H](O)COP(=O)(O)OC[C@@H](COC(=O)CCCCCCCCCCCCCCCCCCC)OC(=O)CCCCCCCCCCCCCCCCCCCC. The van der Waals surface area contributed by atoms with Crippen molar-refractivity contribution in [3.8, 4) is 0 Å². The van der Waals surface area contributed by atoms with Crippen LogP contribution < -0.4 is 0 Å². The van der Waals surface area contributed by atoms with Gasteiger partial charge in [0.15, 0.2) is 12.2 Å².